The minimum absolute atomic E-state index is 0.0149. The highest BCUT2D eigenvalue weighted by Crippen LogP contribution is 2.21. The van der Waals surface area contributed by atoms with Crippen molar-refractivity contribution in [3.8, 4) is 0 Å². The van der Waals surface area contributed by atoms with Gasteiger partial charge in [0.05, 0.1) is 12.6 Å². The van der Waals surface area contributed by atoms with Gasteiger partial charge in [0.1, 0.15) is 11.3 Å². The molecule has 0 aliphatic carbocycles. The van der Waals surface area contributed by atoms with Crippen LogP contribution in [-0.4, -0.2) is 34.7 Å². The number of ketones is 1. The van der Waals surface area contributed by atoms with Gasteiger partial charge in [0, 0.05) is 5.56 Å². The summed E-state index contributed by atoms with van der Waals surface area (Å²) < 4.78 is 5.16. The molecule has 1 aliphatic rings. The monoisotopic (exact) mass is 392 g/mol. The van der Waals surface area contributed by atoms with E-state index in [1.165, 1.54) is 12.1 Å². The maximum Gasteiger partial charge on any atom is 0.344 e. The van der Waals surface area contributed by atoms with E-state index in [-0.39, 0.29) is 17.8 Å². The van der Waals surface area contributed by atoms with Crippen LogP contribution in [0.25, 0.3) is 0 Å². The van der Waals surface area contributed by atoms with Crippen LogP contribution < -0.4 is 5.32 Å². The molecule has 7 heteroatoms. The molecule has 3 rings (SSSR count). The lowest BCUT2D eigenvalue weighted by molar-refractivity contribution is -0.142. The number of rotatable bonds is 6. The zero-order valence-electron chi connectivity index (χ0n) is 16.0. The minimum atomic E-state index is -0.959. The van der Waals surface area contributed by atoms with Gasteiger partial charge in [-0.25, -0.2) is 9.59 Å². The average Bonchev–Trinajstić information content (AvgIpc) is 2.97. The topological polar surface area (TPSA) is 92.8 Å². The predicted molar refractivity (Wildman–Crippen MR) is 105 cm³/mol. The Morgan fingerprint density at radius 1 is 0.966 bits per heavy atom. The summed E-state index contributed by atoms with van der Waals surface area (Å²) in [5, 5.41) is 2.37. The van der Waals surface area contributed by atoms with Gasteiger partial charge >= 0.3 is 12.0 Å². The molecular weight excluding hydrogens is 372 g/mol. The number of imide groups is 1. The highest BCUT2D eigenvalue weighted by Gasteiger charge is 2.40. The fourth-order valence-corrected chi connectivity index (χ4v) is 2.85. The van der Waals surface area contributed by atoms with Gasteiger partial charge in [0.25, 0.3) is 5.91 Å². The summed E-state index contributed by atoms with van der Waals surface area (Å²) in [6.07, 6.45) is -0.505. The number of urea groups is 1. The first-order valence-electron chi connectivity index (χ1n) is 9.10. The predicted octanol–water partition coefficient (Wildman–Crippen LogP) is 2.83. The SMILES string of the molecule is CC(C)OC(=O)C(C(=O)c1ccccc1)=C1NC(=O)N(Cc2ccccc2)C1=O. The Kier molecular flexibility index (Phi) is 5.87. The second-order valence-corrected chi connectivity index (χ2v) is 6.71. The van der Waals surface area contributed by atoms with E-state index in [2.05, 4.69) is 5.32 Å². The molecule has 1 aliphatic heterocycles. The van der Waals surface area contributed by atoms with E-state index in [0.717, 1.165) is 10.5 Å². The Bertz CT molecular complexity index is 981. The van der Waals surface area contributed by atoms with Crippen molar-refractivity contribution in [2.75, 3.05) is 0 Å². The van der Waals surface area contributed by atoms with Crippen LogP contribution in [0.4, 0.5) is 4.79 Å². The summed E-state index contributed by atoms with van der Waals surface area (Å²) in [6.45, 7) is 3.27. The number of carbonyl (C=O) groups excluding carboxylic acids is 4. The summed E-state index contributed by atoms with van der Waals surface area (Å²) in [7, 11) is 0. The van der Waals surface area contributed by atoms with Gasteiger partial charge in [-0.15, -0.1) is 0 Å². The Labute approximate surface area is 168 Å². The van der Waals surface area contributed by atoms with E-state index >= 15 is 0 Å². The molecule has 0 spiro atoms. The van der Waals surface area contributed by atoms with Crippen LogP contribution in [0.1, 0.15) is 29.8 Å². The first-order chi connectivity index (χ1) is 13.9. The number of carbonyl (C=O) groups is 4. The molecule has 0 aromatic heterocycles. The van der Waals surface area contributed by atoms with Gasteiger partial charge in [-0.1, -0.05) is 60.7 Å². The molecule has 29 heavy (non-hydrogen) atoms. The fraction of sp³-hybridized carbons (Fsp3) is 0.182. The van der Waals surface area contributed by atoms with Crippen molar-refractivity contribution in [2.24, 2.45) is 0 Å². The van der Waals surface area contributed by atoms with Crippen molar-refractivity contribution in [2.45, 2.75) is 26.5 Å². The zero-order valence-corrected chi connectivity index (χ0v) is 16.0. The molecule has 0 bridgehead atoms. The van der Waals surface area contributed by atoms with Gasteiger partial charge in [-0.2, -0.15) is 0 Å². The quantitative estimate of drug-likeness (QED) is 0.204. The summed E-state index contributed by atoms with van der Waals surface area (Å²) >= 11 is 0. The van der Waals surface area contributed by atoms with Crippen LogP contribution in [0, 0.1) is 0 Å². The number of hydrogen-bond donors (Lipinski definition) is 1. The molecule has 148 valence electrons. The Balaban J connectivity index is 2.01. The van der Waals surface area contributed by atoms with Crippen LogP contribution in [0.2, 0.25) is 0 Å². The highest BCUT2D eigenvalue weighted by molar-refractivity contribution is 6.29. The zero-order chi connectivity index (χ0) is 21.0. The Morgan fingerprint density at radius 3 is 2.14 bits per heavy atom. The lowest BCUT2D eigenvalue weighted by atomic mass is 10.0. The third-order valence-electron chi connectivity index (χ3n) is 4.18. The maximum atomic E-state index is 13.0. The fourth-order valence-electron chi connectivity index (χ4n) is 2.85. The van der Waals surface area contributed by atoms with Gasteiger partial charge in [0.15, 0.2) is 0 Å². The van der Waals surface area contributed by atoms with Crippen molar-refractivity contribution in [3.63, 3.8) is 0 Å². The molecule has 3 amide bonds. The maximum absolute atomic E-state index is 13.0. The van der Waals surface area contributed by atoms with Gasteiger partial charge in [0.2, 0.25) is 5.78 Å². The smallest absolute Gasteiger partial charge is 0.344 e. The normalized spacial score (nSPS) is 15.3. The van der Waals surface area contributed by atoms with E-state index < -0.39 is 35.4 Å². The summed E-state index contributed by atoms with van der Waals surface area (Å²) in [5.41, 5.74) is 0.0847. The number of benzene rings is 2. The van der Waals surface area contributed by atoms with Crippen LogP contribution in [0.15, 0.2) is 71.9 Å². The van der Waals surface area contributed by atoms with Gasteiger partial charge in [-0.3, -0.25) is 14.5 Å². The third-order valence-corrected chi connectivity index (χ3v) is 4.18. The van der Waals surface area contributed by atoms with Crippen molar-refractivity contribution < 1.29 is 23.9 Å². The third kappa shape index (κ3) is 4.40. The summed E-state index contributed by atoms with van der Waals surface area (Å²) in [5.74, 6) is -2.40. The van der Waals surface area contributed by atoms with Gasteiger partial charge in [-0.05, 0) is 19.4 Å². The second kappa shape index (κ2) is 8.52. The van der Waals surface area contributed by atoms with E-state index in [4.69, 9.17) is 4.74 Å². The molecule has 0 radical (unpaired) electrons. The van der Waals surface area contributed by atoms with Gasteiger partial charge < -0.3 is 10.1 Å². The first-order valence-corrected chi connectivity index (χ1v) is 9.10. The van der Waals surface area contributed by atoms with Crippen molar-refractivity contribution in [1.29, 1.82) is 0 Å². The summed E-state index contributed by atoms with van der Waals surface area (Å²) in [6, 6.07) is 16.3. The molecule has 2 aromatic carbocycles. The molecule has 7 nitrogen and oxygen atoms in total. The highest BCUT2D eigenvalue weighted by atomic mass is 16.5. The van der Waals surface area contributed by atoms with Crippen LogP contribution >= 0.6 is 0 Å². The van der Waals surface area contributed by atoms with Crippen molar-refractivity contribution >= 4 is 23.7 Å². The minimum Gasteiger partial charge on any atom is -0.459 e. The van der Waals surface area contributed by atoms with Crippen LogP contribution in [0.5, 0.6) is 0 Å². The van der Waals surface area contributed by atoms with Crippen molar-refractivity contribution in [3.05, 3.63) is 83.1 Å². The number of esters is 1. The molecule has 2 aromatic rings. The lowest BCUT2D eigenvalue weighted by Crippen LogP contribution is -2.30. The largest absolute Gasteiger partial charge is 0.459 e. The van der Waals surface area contributed by atoms with E-state index in [1.807, 2.05) is 6.07 Å². The molecule has 0 atom stereocenters. The number of nitrogens with zero attached hydrogens (tertiary/aromatic N) is 1. The van der Waals surface area contributed by atoms with Crippen LogP contribution in [0.3, 0.4) is 0 Å². The first kappa shape index (κ1) is 20.0. The van der Waals surface area contributed by atoms with Crippen LogP contribution in [-0.2, 0) is 20.9 Å². The molecule has 1 saturated heterocycles. The standard InChI is InChI=1S/C22H20N2O5/c1-14(2)29-21(27)17(19(25)16-11-7-4-8-12-16)18-20(26)24(22(28)23-18)13-15-9-5-3-6-10-15/h3-12,14H,13H2,1-2H3,(H,23,28). The molecule has 1 heterocycles. The molecule has 1 N–H and O–H groups in total. The van der Waals surface area contributed by atoms with E-state index in [9.17, 15) is 19.2 Å². The number of Topliss-reactive ketones (excluding diaryl/α,β-unsaturated/α-hetero) is 1. The molecule has 0 unspecified atom stereocenters. The number of hydrogen-bond acceptors (Lipinski definition) is 5. The number of nitrogens with one attached hydrogen (secondary N) is 1. The average molecular weight is 392 g/mol. The molecular formula is C22H20N2O5. The Morgan fingerprint density at radius 2 is 1.55 bits per heavy atom. The van der Waals surface area contributed by atoms with E-state index in [1.54, 1.807) is 56.3 Å². The molecule has 0 saturated carbocycles. The Hall–Kier alpha value is -3.74. The van der Waals surface area contributed by atoms with E-state index in [0.29, 0.717) is 0 Å². The number of ether oxygens (including phenoxy) is 1. The molecule has 1 fully saturated rings. The summed E-state index contributed by atoms with van der Waals surface area (Å²) in [4.78, 5) is 51.9. The number of amides is 3. The lowest BCUT2D eigenvalue weighted by Gasteiger charge is -2.13. The van der Waals surface area contributed by atoms with Crippen molar-refractivity contribution in [1.82, 2.24) is 10.2 Å². The second-order valence-electron chi connectivity index (χ2n) is 6.71.